The van der Waals surface area contributed by atoms with Gasteiger partial charge in [0.15, 0.2) is 0 Å². The number of nitrogens with one attached hydrogen (secondary N) is 1. The zero-order valence-corrected chi connectivity index (χ0v) is 12.7. The molecule has 1 aliphatic rings. The average molecular weight is 273 g/mol. The number of fused-ring (bicyclic) bond motifs is 1. The summed E-state index contributed by atoms with van der Waals surface area (Å²) >= 11 is 1.86. The lowest BCUT2D eigenvalue weighted by atomic mass is 9.80. The lowest BCUT2D eigenvalue weighted by Gasteiger charge is -2.33. The summed E-state index contributed by atoms with van der Waals surface area (Å²) in [5.74, 6) is 1.73. The first kappa shape index (κ1) is 13.1. The van der Waals surface area contributed by atoms with E-state index in [2.05, 4.69) is 48.8 Å². The summed E-state index contributed by atoms with van der Waals surface area (Å²) in [7, 11) is 0. The fourth-order valence-corrected chi connectivity index (χ4v) is 4.34. The van der Waals surface area contributed by atoms with Crippen molar-refractivity contribution in [3.63, 3.8) is 0 Å². The van der Waals surface area contributed by atoms with Gasteiger partial charge in [-0.3, -0.25) is 0 Å². The van der Waals surface area contributed by atoms with Crippen molar-refractivity contribution in [2.24, 2.45) is 11.8 Å². The highest BCUT2D eigenvalue weighted by Crippen LogP contribution is 2.30. The third kappa shape index (κ3) is 2.85. The summed E-state index contributed by atoms with van der Waals surface area (Å²) < 4.78 is 1.41. The van der Waals surface area contributed by atoms with E-state index in [1.807, 2.05) is 11.3 Å². The average Bonchev–Trinajstić information content (AvgIpc) is 2.81. The van der Waals surface area contributed by atoms with E-state index in [1.165, 1.54) is 34.9 Å². The van der Waals surface area contributed by atoms with E-state index < -0.39 is 0 Å². The lowest BCUT2D eigenvalue weighted by Crippen LogP contribution is -2.38. The van der Waals surface area contributed by atoms with Gasteiger partial charge in [-0.15, -0.1) is 11.3 Å². The molecule has 19 heavy (non-hydrogen) atoms. The Labute approximate surface area is 120 Å². The van der Waals surface area contributed by atoms with Crippen LogP contribution in [0.1, 0.15) is 38.7 Å². The molecule has 0 bridgehead atoms. The van der Waals surface area contributed by atoms with Crippen LogP contribution in [-0.2, 0) is 6.54 Å². The Kier molecular flexibility index (Phi) is 3.90. The molecule has 1 saturated carbocycles. The normalized spacial score (nSPS) is 27.8. The van der Waals surface area contributed by atoms with Crippen LogP contribution < -0.4 is 5.32 Å². The fraction of sp³-hybridized carbons (Fsp3) is 0.529. The van der Waals surface area contributed by atoms with E-state index in [0.717, 1.165) is 18.4 Å². The Hall–Kier alpha value is -0.860. The fourth-order valence-electron chi connectivity index (χ4n) is 3.38. The minimum Gasteiger partial charge on any atom is -0.310 e. The summed E-state index contributed by atoms with van der Waals surface area (Å²) in [5.41, 5.74) is 1.46. The van der Waals surface area contributed by atoms with Gasteiger partial charge in [0.2, 0.25) is 0 Å². The predicted octanol–water partition coefficient (Wildman–Crippen LogP) is 4.82. The van der Waals surface area contributed by atoms with Gasteiger partial charge in [-0.2, -0.15) is 0 Å². The minimum atomic E-state index is 0.704. The molecule has 1 aliphatic carbocycles. The molecule has 0 saturated heterocycles. The van der Waals surface area contributed by atoms with Crippen molar-refractivity contribution in [3.05, 3.63) is 35.2 Å². The second-order valence-corrected chi connectivity index (χ2v) is 7.05. The molecule has 3 atom stereocenters. The Morgan fingerprint density at radius 1 is 1.21 bits per heavy atom. The van der Waals surface area contributed by atoms with Crippen molar-refractivity contribution in [2.75, 3.05) is 0 Å². The van der Waals surface area contributed by atoms with Crippen molar-refractivity contribution in [1.29, 1.82) is 0 Å². The zero-order valence-electron chi connectivity index (χ0n) is 11.9. The zero-order chi connectivity index (χ0) is 13.2. The van der Waals surface area contributed by atoms with Crippen LogP contribution in [0.25, 0.3) is 10.1 Å². The second kappa shape index (κ2) is 5.64. The molecule has 0 radical (unpaired) electrons. The maximum atomic E-state index is 3.79. The first-order chi connectivity index (χ1) is 9.24. The third-order valence-corrected chi connectivity index (χ3v) is 5.56. The number of benzene rings is 1. The molecule has 2 aromatic rings. The van der Waals surface area contributed by atoms with Gasteiger partial charge in [-0.1, -0.05) is 32.0 Å². The molecule has 1 fully saturated rings. The lowest BCUT2D eigenvalue weighted by molar-refractivity contribution is 0.227. The molecule has 1 aromatic carbocycles. The summed E-state index contributed by atoms with van der Waals surface area (Å²) in [5, 5.41) is 7.53. The standard InChI is InChI=1S/C17H23NS/c1-12-7-8-16(13(2)9-12)18-10-14-11-19-17-6-4-3-5-15(14)17/h3-6,11-13,16,18H,7-10H2,1-2H3. The molecule has 3 unspecified atom stereocenters. The molecule has 1 heterocycles. The Balaban J connectivity index is 1.66. The quantitative estimate of drug-likeness (QED) is 0.845. The van der Waals surface area contributed by atoms with Gasteiger partial charge < -0.3 is 5.32 Å². The van der Waals surface area contributed by atoms with Crippen LogP contribution in [0.2, 0.25) is 0 Å². The van der Waals surface area contributed by atoms with E-state index in [1.54, 1.807) is 0 Å². The first-order valence-electron chi connectivity index (χ1n) is 7.42. The van der Waals surface area contributed by atoms with Crippen molar-refractivity contribution in [1.82, 2.24) is 5.32 Å². The van der Waals surface area contributed by atoms with Crippen molar-refractivity contribution >= 4 is 21.4 Å². The van der Waals surface area contributed by atoms with Crippen LogP contribution >= 0.6 is 11.3 Å². The van der Waals surface area contributed by atoms with Gasteiger partial charge in [0.25, 0.3) is 0 Å². The largest absolute Gasteiger partial charge is 0.310 e. The van der Waals surface area contributed by atoms with E-state index in [0.29, 0.717) is 6.04 Å². The molecule has 1 N–H and O–H groups in total. The van der Waals surface area contributed by atoms with Crippen molar-refractivity contribution in [2.45, 2.75) is 45.7 Å². The second-order valence-electron chi connectivity index (χ2n) is 6.14. The van der Waals surface area contributed by atoms with E-state index >= 15 is 0 Å². The van der Waals surface area contributed by atoms with Crippen molar-refractivity contribution in [3.8, 4) is 0 Å². The summed E-state index contributed by atoms with van der Waals surface area (Å²) in [6, 6.07) is 9.43. The third-order valence-electron chi connectivity index (χ3n) is 4.55. The van der Waals surface area contributed by atoms with Crippen molar-refractivity contribution < 1.29 is 0 Å². The highest BCUT2D eigenvalue weighted by atomic mass is 32.1. The summed E-state index contributed by atoms with van der Waals surface area (Å²) in [6.07, 6.45) is 4.10. The van der Waals surface area contributed by atoms with Gasteiger partial charge >= 0.3 is 0 Å². The molecule has 0 aliphatic heterocycles. The van der Waals surface area contributed by atoms with E-state index in [-0.39, 0.29) is 0 Å². The van der Waals surface area contributed by atoms with Crippen LogP contribution in [-0.4, -0.2) is 6.04 Å². The molecule has 1 nitrogen and oxygen atoms in total. The SMILES string of the molecule is CC1CCC(NCc2csc3ccccc23)C(C)C1. The molecule has 3 rings (SSSR count). The van der Waals surface area contributed by atoms with Crippen LogP contribution in [0.5, 0.6) is 0 Å². The van der Waals surface area contributed by atoms with Gasteiger partial charge in [-0.25, -0.2) is 0 Å². The highest BCUT2D eigenvalue weighted by molar-refractivity contribution is 7.17. The van der Waals surface area contributed by atoms with Gasteiger partial charge in [0, 0.05) is 17.3 Å². The Morgan fingerprint density at radius 3 is 2.89 bits per heavy atom. The maximum Gasteiger partial charge on any atom is 0.0346 e. The van der Waals surface area contributed by atoms with Gasteiger partial charge in [-0.05, 0) is 53.5 Å². The minimum absolute atomic E-state index is 0.704. The molecule has 2 heteroatoms. The summed E-state index contributed by atoms with van der Waals surface area (Å²) in [4.78, 5) is 0. The van der Waals surface area contributed by atoms with Crippen LogP contribution in [0, 0.1) is 11.8 Å². The Bertz CT molecular complexity index is 545. The number of hydrogen-bond acceptors (Lipinski definition) is 2. The molecular formula is C17H23NS. The molecular weight excluding hydrogens is 250 g/mol. The monoisotopic (exact) mass is 273 g/mol. The molecule has 0 amide bonds. The number of thiophene rings is 1. The van der Waals surface area contributed by atoms with E-state index in [4.69, 9.17) is 0 Å². The smallest absolute Gasteiger partial charge is 0.0346 e. The highest BCUT2D eigenvalue weighted by Gasteiger charge is 2.24. The first-order valence-corrected chi connectivity index (χ1v) is 8.30. The number of rotatable bonds is 3. The number of hydrogen-bond donors (Lipinski definition) is 1. The van der Waals surface area contributed by atoms with Crippen LogP contribution in [0.15, 0.2) is 29.6 Å². The Morgan fingerprint density at radius 2 is 2.05 bits per heavy atom. The summed E-state index contributed by atoms with van der Waals surface area (Å²) in [6.45, 7) is 5.81. The van der Waals surface area contributed by atoms with Gasteiger partial charge in [0.1, 0.15) is 0 Å². The van der Waals surface area contributed by atoms with E-state index in [9.17, 15) is 0 Å². The predicted molar refractivity (Wildman–Crippen MR) is 84.6 cm³/mol. The molecule has 102 valence electrons. The van der Waals surface area contributed by atoms with Crippen LogP contribution in [0.3, 0.4) is 0 Å². The topological polar surface area (TPSA) is 12.0 Å². The molecule has 1 aromatic heterocycles. The maximum absolute atomic E-state index is 3.79. The van der Waals surface area contributed by atoms with Crippen LogP contribution in [0.4, 0.5) is 0 Å². The molecule has 0 spiro atoms. The van der Waals surface area contributed by atoms with Gasteiger partial charge in [0.05, 0.1) is 0 Å².